The number of anilines is 1. The van der Waals surface area contributed by atoms with E-state index in [9.17, 15) is 13.2 Å². The van der Waals surface area contributed by atoms with Crippen LogP contribution >= 0.6 is 11.8 Å². The molecule has 10 heteroatoms. The van der Waals surface area contributed by atoms with Crippen LogP contribution < -0.4 is 5.32 Å². The molecule has 1 fully saturated rings. The van der Waals surface area contributed by atoms with Crippen LogP contribution in [0.5, 0.6) is 0 Å². The van der Waals surface area contributed by atoms with E-state index in [-0.39, 0.29) is 16.6 Å². The summed E-state index contributed by atoms with van der Waals surface area (Å²) in [6.07, 6.45) is 4.85. The number of thioether (sulfide) groups is 1. The first-order chi connectivity index (χ1) is 16.4. The van der Waals surface area contributed by atoms with Gasteiger partial charge in [-0.15, -0.1) is 10.2 Å². The van der Waals surface area contributed by atoms with Gasteiger partial charge in [0.25, 0.3) is 0 Å². The summed E-state index contributed by atoms with van der Waals surface area (Å²) in [6, 6.07) is 16.3. The first-order valence-corrected chi connectivity index (χ1v) is 14.2. The highest BCUT2D eigenvalue weighted by molar-refractivity contribution is 7.99. The second-order valence-corrected chi connectivity index (χ2v) is 11.4. The van der Waals surface area contributed by atoms with Crippen LogP contribution in [0.2, 0.25) is 0 Å². The average molecular weight is 500 g/mol. The quantitative estimate of drug-likeness (QED) is 0.451. The summed E-state index contributed by atoms with van der Waals surface area (Å²) in [6.45, 7) is 3.54. The minimum atomic E-state index is -3.27. The van der Waals surface area contributed by atoms with Gasteiger partial charge in [-0.05, 0) is 55.8 Å². The zero-order valence-electron chi connectivity index (χ0n) is 19.2. The van der Waals surface area contributed by atoms with Gasteiger partial charge in [-0.3, -0.25) is 9.69 Å². The maximum atomic E-state index is 12.5. The Morgan fingerprint density at radius 1 is 0.971 bits per heavy atom. The molecule has 0 saturated carbocycles. The van der Waals surface area contributed by atoms with Crippen molar-refractivity contribution in [1.82, 2.24) is 19.7 Å². The molecule has 0 atom stereocenters. The summed E-state index contributed by atoms with van der Waals surface area (Å²) in [5, 5.41) is 12.4. The molecule has 1 aromatic heterocycles. The lowest BCUT2D eigenvalue weighted by Crippen LogP contribution is -2.30. The summed E-state index contributed by atoms with van der Waals surface area (Å²) in [7, 11) is -3.27. The van der Waals surface area contributed by atoms with E-state index in [1.54, 1.807) is 12.1 Å². The minimum Gasteiger partial charge on any atom is -0.325 e. The van der Waals surface area contributed by atoms with E-state index in [4.69, 9.17) is 0 Å². The van der Waals surface area contributed by atoms with Gasteiger partial charge in [0.1, 0.15) is 5.82 Å². The van der Waals surface area contributed by atoms with Gasteiger partial charge < -0.3 is 9.88 Å². The van der Waals surface area contributed by atoms with Gasteiger partial charge in [-0.2, -0.15) is 0 Å². The number of hydrogen-bond acceptors (Lipinski definition) is 7. The van der Waals surface area contributed by atoms with Crippen molar-refractivity contribution in [3.8, 4) is 0 Å². The fourth-order valence-electron chi connectivity index (χ4n) is 3.90. The average Bonchev–Trinajstić information content (AvgIpc) is 3.19. The van der Waals surface area contributed by atoms with Crippen molar-refractivity contribution in [3.63, 3.8) is 0 Å². The van der Waals surface area contributed by atoms with Crippen LogP contribution in [-0.4, -0.2) is 59.1 Å². The third kappa shape index (κ3) is 6.68. The molecule has 0 aliphatic carbocycles. The fraction of sp³-hybridized carbons (Fsp3) is 0.375. The van der Waals surface area contributed by atoms with E-state index in [0.717, 1.165) is 37.3 Å². The van der Waals surface area contributed by atoms with Gasteiger partial charge in [0.2, 0.25) is 5.91 Å². The molecule has 2 heterocycles. The second kappa shape index (κ2) is 11.2. The van der Waals surface area contributed by atoms with Crippen molar-refractivity contribution in [2.45, 2.75) is 42.4 Å². The minimum absolute atomic E-state index is 0.171. The number of likely N-dealkylation sites (tertiary alicyclic amines) is 1. The van der Waals surface area contributed by atoms with Gasteiger partial charge in [-0.25, -0.2) is 8.42 Å². The Morgan fingerprint density at radius 2 is 1.68 bits per heavy atom. The first kappa shape index (κ1) is 24.4. The van der Waals surface area contributed by atoms with Crippen LogP contribution in [0, 0.1) is 0 Å². The molecule has 2 aromatic carbocycles. The first-order valence-electron chi connectivity index (χ1n) is 11.3. The van der Waals surface area contributed by atoms with Crippen molar-refractivity contribution in [2.75, 3.05) is 30.4 Å². The van der Waals surface area contributed by atoms with Crippen molar-refractivity contribution in [3.05, 3.63) is 66.0 Å². The zero-order chi connectivity index (χ0) is 24.0. The Labute approximate surface area is 204 Å². The highest BCUT2D eigenvalue weighted by Crippen LogP contribution is 2.22. The standard InChI is InChI=1S/C24H29N5O3S2/c1-34(31,32)21-12-10-20(11-13-21)25-23(30)18-33-24-27-26-22(17-28-14-6-3-7-15-28)29(24)16-19-8-4-2-5-9-19/h2,4-5,8-13H,3,6-7,14-18H2,1H3,(H,25,30). The fourth-order valence-corrected chi connectivity index (χ4v) is 5.28. The molecule has 1 aliphatic heterocycles. The second-order valence-electron chi connectivity index (χ2n) is 8.44. The SMILES string of the molecule is CS(=O)(=O)c1ccc(NC(=O)CSc2nnc(CN3CCCCC3)n2Cc2ccccc2)cc1. The van der Waals surface area contributed by atoms with E-state index in [1.165, 1.54) is 43.2 Å². The summed E-state index contributed by atoms with van der Waals surface area (Å²) < 4.78 is 25.3. The molecular formula is C24H29N5O3S2. The zero-order valence-corrected chi connectivity index (χ0v) is 20.8. The highest BCUT2D eigenvalue weighted by Gasteiger charge is 2.19. The number of carbonyl (C=O) groups is 1. The molecule has 34 heavy (non-hydrogen) atoms. The lowest BCUT2D eigenvalue weighted by atomic mass is 10.1. The molecule has 8 nitrogen and oxygen atoms in total. The molecule has 1 aliphatic rings. The maximum Gasteiger partial charge on any atom is 0.234 e. The largest absolute Gasteiger partial charge is 0.325 e. The van der Waals surface area contributed by atoms with Crippen molar-refractivity contribution >= 4 is 33.2 Å². The van der Waals surface area contributed by atoms with E-state index >= 15 is 0 Å². The lowest BCUT2D eigenvalue weighted by molar-refractivity contribution is -0.113. The molecule has 1 saturated heterocycles. The third-order valence-electron chi connectivity index (χ3n) is 5.69. The number of aromatic nitrogens is 3. The highest BCUT2D eigenvalue weighted by atomic mass is 32.2. The normalized spacial score (nSPS) is 14.7. The number of carbonyl (C=O) groups excluding carboxylic acids is 1. The summed E-state index contributed by atoms with van der Waals surface area (Å²) in [4.78, 5) is 15.2. The molecule has 0 bridgehead atoms. The van der Waals surface area contributed by atoms with Gasteiger partial charge >= 0.3 is 0 Å². The summed E-state index contributed by atoms with van der Waals surface area (Å²) in [5.41, 5.74) is 1.70. The molecule has 180 valence electrons. The number of hydrogen-bond donors (Lipinski definition) is 1. The Balaban J connectivity index is 1.43. The smallest absolute Gasteiger partial charge is 0.234 e. The third-order valence-corrected chi connectivity index (χ3v) is 7.78. The van der Waals surface area contributed by atoms with Crippen LogP contribution in [0.25, 0.3) is 0 Å². The molecule has 0 radical (unpaired) electrons. The molecule has 0 unspecified atom stereocenters. The van der Waals surface area contributed by atoms with E-state index < -0.39 is 9.84 Å². The predicted octanol–water partition coefficient (Wildman–Crippen LogP) is 3.45. The molecule has 1 amide bonds. The number of rotatable bonds is 9. The Morgan fingerprint density at radius 3 is 2.35 bits per heavy atom. The predicted molar refractivity (Wildman–Crippen MR) is 134 cm³/mol. The van der Waals surface area contributed by atoms with Crippen molar-refractivity contribution in [2.24, 2.45) is 0 Å². The molecule has 3 aromatic rings. The van der Waals surface area contributed by atoms with Crippen LogP contribution in [0.4, 0.5) is 5.69 Å². The van der Waals surface area contributed by atoms with Crippen molar-refractivity contribution in [1.29, 1.82) is 0 Å². The van der Waals surface area contributed by atoms with E-state index in [2.05, 4.69) is 37.1 Å². The van der Waals surface area contributed by atoms with Gasteiger partial charge in [-0.1, -0.05) is 48.5 Å². The summed E-state index contributed by atoms with van der Waals surface area (Å²) in [5.74, 6) is 0.888. The number of amides is 1. The molecule has 1 N–H and O–H groups in total. The van der Waals surface area contributed by atoms with Crippen molar-refractivity contribution < 1.29 is 13.2 Å². The molecule has 0 spiro atoms. The van der Waals surface area contributed by atoms with Crippen LogP contribution in [0.1, 0.15) is 30.7 Å². The Kier molecular flexibility index (Phi) is 8.02. The lowest BCUT2D eigenvalue weighted by Gasteiger charge is -2.26. The van der Waals surface area contributed by atoms with E-state index in [0.29, 0.717) is 17.4 Å². The Hall–Kier alpha value is -2.69. The monoisotopic (exact) mass is 499 g/mol. The Bertz CT molecular complexity index is 1210. The maximum absolute atomic E-state index is 12.5. The van der Waals surface area contributed by atoms with Gasteiger partial charge in [0.05, 0.1) is 23.7 Å². The topological polar surface area (TPSA) is 97.2 Å². The number of benzene rings is 2. The number of piperidine rings is 1. The number of sulfone groups is 1. The number of nitrogens with one attached hydrogen (secondary N) is 1. The van der Waals surface area contributed by atoms with Gasteiger partial charge in [0, 0.05) is 11.9 Å². The van der Waals surface area contributed by atoms with Crippen LogP contribution in [0.15, 0.2) is 64.6 Å². The van der Waals surface area contributed by atoms with E-state index in [1.807, 2.05) is 18.2 Å². The van der Waals surface area contributed by atoms with Crippen LogP contribution in [-0.2, 0) is 27.7 Å². The number of nitrogens with zero attached hydrogens (tertiary/aromatic N) is 4. The molecular weight excluding hydrogens is 470 g/mol. The summed E-state index contributed by atoms with van der Waals surface area (Å²) >= 11 is 1.35. The van der Waals surface area contributed by atoms with Crippen LogP contribution in [0.3, 0.4) is 0 Å². The molecule has 4 rings (SSSR count). The van der Waals surface area contributed by atoms with Gasteiger partial charge in [0.15, 0.2) is 15.0 Å².